The van der Waals surface area contributed by atoms with Crippen LogP contribution in [0.4, 0.5) is 5.69 Å². The Morgan fingerprint density at radius 1 is 1.12 bits per heavy atom. The fourth-order valence-corrected chi connectivity index (χ4v) is 3.32. The number of benzene rings is 2. The number of carbonyl (C=O) groups excluding carboxylic acids is 1. The lowest BCUT2D eigenvalue weighted by Gasteiger charge is -2.30. The summed E-state index contributed by atoms with van der Waals surface area (Å²) in [6.07, 6.45) is 1.74. The van der Waals surface area contributed by atoms with Crippen molar-refractivity contribution in [3.05, 3.63) is 78.4 Å². The summed E-state index contributed by atoms with van der Waals surface area (Å²) in [7, 11) is 4.06. The largest absolute Gasteiger partial charge is 0.378 e. The van der Waals surface area contributed by atoms with E-state index in [1.807, 2.05) is 37.2 Å². The zero-order valence-corrected chi connectivity index (χ0v) is 14.9. The third-order valence-corrected chi connectivity index (χ3v) is 4.56. The maximum atomic E-state index is 12.6. The molecule has 130 valence electrons. The van der Waals surface area contributed by atoms with Crippen LogP contribution in [0, 0.1) is 0 Å². The van der Waals surface area contributed by atoms with Crippen molar-refractivity contribution >= 4 is 11.6 Å². The van der Waals surface area contributed by atoms with E-state index in [1.165, 1.54) is 5.56 Å². The molecule has 1 aliphatic rings. The van der Waals surface area contributed by atoms with Crippen molar-refractivity contribution in [2.45, 2.75) is 12.7 Å². The van der Waals surface area contributed by atoms with E-state index in [2.05, 4.69) is 52.8 Å². The monoisotopic (exact) mass is 335 g/mol. The number of hydrogen-bond acceptors (Lipinski definition) is 3. The van der Waals surface area contributed by atoms with Crippen molar-refractivity contribution in [1.29, 1.82) is 0 Å². The maximum absolute atomic E-state index is 12.6. The molecule has 0 radical (unpaired) electrons. The highest BCUT2D eigenvalue weighted by atomic mass is 16.2. The average molecular weight is 335 g/mol. The molecule has 1 heterocycles. The first-order valence-electron chi connectivity index (χ1n) is 8.56. The number of rotatable bonds is 6. The predicted molar refractivity (Wildman–Crippen MR) is 102 cm³/mol. The first-order valence-corrected chi connectivity index (χ1v) is 8.56. The molecule has 0 spiro atoms. The van der Waals surface area contributed by atoms with Crippen LogP contribution in [0.15, 0.2) is 67.3 Å². The Labute approximate surface area is 150 Å². The molecule has 0 N–H and O–H groups in total. The summed E-state index contributed by atoms with van der Waals surface area (Å²) in [6, 6.07) is 18.7. The second kappa shape index (κ2) is 7.53. The van der Waals surface area contributed by atoms with Crippen LogP contribution in [0.1, 0.15) is 17.3 Å². The molecule has 1 unspecified atom stereocenters. The Kier molecular flexibility index (Phi) is 5.19. The lowest BCUT2D eigenvalue weighted by Crippen LogP contribution is -2.32. The van der Waals surface area contributed by atoms with Gasteiger partial charge >= 0.3 is 0 Å². The van der Waals surface area contributed by atoms with Crippen molar-refractivity contribution in [3.63, 3.8) is 0 Å². The van der Waals surface area contributed by atoms with E-state index in [9.17, 15) is 4.79 Å². The van der Waals surface area contributed by atoms with Gasteiger partial charge in [0.15, 0.2) is 0 Å². The lowest BCUT2D eigenvalue weighted by molar-refractivity contribution is -0.127. The molecule has 3 rings (SSSR count). The average Bonchev–Trinajstić information content (AvgIpc) is 2.91. The summed E-state index contributed by atoms with van der Waals surface area (Å²) in [5, 5.41) is 0. The molecule has 0 bridgehead atoms. The van der Waals surface area contributed by atoms with Gasteiger partial charge in [-0.3, -0.25) is 9.69 Å². The van der Waals surface area contributed by atoms with Gasteiger partial charge in [0.1, 0.15) is 6.17 Å². The summed E-state index contributed by atoms with van der Waals surface area (Å²) in [6.45, 7) is 5.56. The maximum Gasteiger partial charge on any atom is 0.238 e. The fraction of sp³-hybridized carbons (Fsp3) is 0.286. The van der Waals surface area contributed by atoms with Crippen LogP contribution in [0.2, 0.25) is 0 Å². The van der Waals surface area contributed by atoms with Crippen molar-refractivity contribution in [3.8, 4) is 0 Å². The minimum Gasteiger partial charge on any atom is -0.378 e. The van der Waals surface area contributed by atoms with E-state index >= 15 is 0 Å². The zero-order valence-electron chi connectivity index (χ0n) is 14.9. The summed E-state index contributed by atoms with van der Waals surface area (Å²) in [4.78, 5) is 18.8. The SMILES string of the molecule is C=CCN1C(=O)CN(Cc2ccccc2)C1c1ccc(N(C)C)cc1. The normalized spacial score (nSPS) is 17.8. The molecule has 1 aliphatic heterocycles. The van der Waals surface area contributed by atoms with Crippen molar-refractivity contribution < 1.29 is 4.79 Å². The molecule has 0 aliphatic carbocycles. The van der Waals surface area contributed by atoms with Gasteiger partial charge in [-0.1, -0.05) is 48.5 Å². The van der Waals surface area contributed by atoms with Crippen LogP contribution >= 0.6 is 0 Å². The van der Waals surface area contributed by atoms with Crippen molar-refractivity contribution in [1.82, 2.24) is 9.80 Å². The molecule has 1 fully saturated rings. The molecule has 4 nitrogen and oxygen atoms in total. The fourth-order valence-electron chi connectivity index (χ4n) is 3.32. The highest BCUT2D eigenvalue weighted by Crippen LogP contribution is 2.32. The molecule has 4 heteroatoms. The minimum atomic E-state index is -0.0538. The molecule has 2 aromatic carbocycles. The topological polar surface area (TPSA) is 26.8 Å². The van der Waals surface area contributed by atoms with Gasteiger partial charge in [0.05, 0.1) is 6.54 Å². The van der Waals surface area contributed by atoms with E-state index in [0.29, 0.717) is 13.1 Å². The summed E-state index contributed by atoms with van der Waals surface area (Å²) >= 11 is 0. The lowest BCUT2D eigenvalue weighted by atomic mass is 10.1. The van der Waals surface area contributed by atoms with Gasteiger partial charge in [-0.2, -0.15) is 0 Å². The van der Waals surface area contributed by atoms with Crippen LogP contribution < -0.4 is 4.90 Å². The van der Waals surface area contributed by atoms with Gasteiger partial charge in [-0.25, -0.2) is 0 Å². The quantitative estimate of drug-likeness (QED) is 0.758. The minimum absolute atomic E-state index is 0.0538. The highest BCUT2D eigenvalue weighted by Gasteiger charge is 2.37. The molecular formula is C21H25N3O. The first kappa shape index (κ1) is 17.2. The zero-order chi connectivity index (χ0) is 17.8. The summed E-state index contributed by atoms with van der Waals surface area (Å²) in [5.41, 5.74) is 3.50. The van der Waals surface area contributed by atoms with Crippen LogP contribution in [-0.4, -0.2) is 42.9 Å². The number of hydrogen-bond donors (Lipinski definition) is 0. The van der Waals surface area contributed by atoms with E-state index in [4.69, 9.17) is 0 Å². The van der Waals surface area contributed by atoms with Crippen molar-refractivity contribution in [2.75, 3.05) is 32.1 Å². The van der Waals surface area contributed by atoms with Crippen LogP contribution in [0.5, 0.6) is 0 Å². The Bertz CT molecular complexity index is 725. The van der Waals surface area contributed by atoms with E-state index < -0.39 is 0 Å². The van der Waals surface area contributed by atoms with E-state index in [0.717, 1.165) is 17.8 Å². The van der Waals surface area contributed by atoms with Crippen LogP contribution in [0.3, 0.4) is 0 Å². The second-order valence-corrected chi connectivity index (χ2v) is 6.58. The van der Waals surface area contributed by atoms with E-state index in [1.54, 1.807) is 6.08 Å². The predicted octanol–water partition coefficient (Wildman–Crippen LogP) is 3.28. The molecule has 0 saturated carbocycles. The molecular weight excluding hydrogens is 310 g/mol. The molecule has 2 aromatic rings. The number of nitrogens with zero attached hydrogens (tertiary/aromatic N) is 3. The third kappa shape index (κ3) is 3.74. The van der Waals surface area contributed by atoms with Crippen LogP contribution in [-0.2, 0) is 11.3 Å². The standard InChI is InChI=1S/C21H25N3O/c1-4-14-24-20(25)16-23(15-17-8-6-5-7-9-17)21(24)18-10-12-19(13-11-18)22(2)3/h4-13,21H,1,14-16H2,2-3H3. The van der Waals surface area contributed by atoms with Gasteiger partial charge < -0.3 is 9.80 Å². The second-order valence-electron chi connectivity index (χ2n) is 6.58. The van der Waals surface area contributed by atoms with Gasteiger partial charge in [0.25, 0.3) is 0 Å². The van der Waals surface area contributed by atoms with Crippen molar-refractivity contribution in [2.24, 2.45) is 0 Å². The molecule has 25 heavy (non-hydrogen) atoms. The van der Waals surface area contributed by atoms with Gasteiger partial charge in [-0.05, 0) is 23.3 Å². The Morgan fingerprint density at radius 2 is 1.80 bits per heavy atom. The molecule has 1 saturated heterocycles. The third-order valence-electron chi connectivity index (χ3n) is 4.56. The van der Waals surface area contributed by atoms with Gasteiger partial charge in [-0.15, -0.1) is 6.58 Å². The number of amides is 1. The Hall–Kier alpha value is -2.59. The molecule has 1 amide bonds. The molecule has 1 atom stereocenters. The summed E-state index contributed by atoms with van der Waals surface area (Å²) in [5.74, 6) is 0.150. The van der Waals surface area contributed by atoms with Gasteiger partial charge in [0.2, 0.25) is 5.91 Å². The number of anilines is 1. The number of carbonyl (C=O) groups is 1. The van der Waals surface area contributed by atoms with Crippen LogP contribution in [0.25, 0.3) is 0 Å². The first-order chi connectivity index (χ1) is 12.1. The summed E-state index contributed by atoms with van der Waals surface area (Å²) < 4.78 is 0. The highest BCUT2D eigenvalue weighted by molar-refractivity contribution is 5.81. The van der Waals surface area contributed by atoms with E-state index in [-0.39, 0.29) is 12.1 Å². The smallest absolute Gasteiger partial charge is 0.238 e. The van der Waals surface area contributed by atoms with Gasteiger partial charge in [0, 0.05) is 32.9 Å². The molecule has 0 aromatic heterocycles. The Balaban J connectivity index is 1.90. The Morgan fingerprint density at radius 3 is 2.40 bits per heavy atom.